The highest BCUT2D eigenvalue weighted by Crippen LogP contribution is 2.21. The summed E-state index contributed by atoms with van der Waals surface area (Å²) in [5.74, 6) is 2.60. The zero-order chi connectivity index (χ0) is 15.4. The molecule has 0 amide bonds. The number of rotatable bonds is 3. The van der Waals surface area contributed by atoms with E-state index in [0.29, 0.717) is 5.56 Å². The Morgan fingerprint density at radius 2 is 1.59 bits per heavy atom. The summed E-state index contributed by atoms with van der Waals surface area (Å²) in [5, 5.41) is 8.98. The molecule has 1 saturated heterocycles. The molecule has 2 aromatic heterocycles. The zero-order valence-electron chi connectivity index (χ0n) is 12.4. The number of hydrogen-bond acceptors (Lipinski definition) is 6. The van der Waals surface area contributed by atoms with Gasteiger partial charge < -0.3 is 14.5 Å². The number of pyridine rings is 2. The van der Waals surface area contributed by atoms with Gasteiger partial charge in [0.15, 0.2) is 0 Å². The molecular formula is C16H17N5O. The van der Waals surface area contributed by atoms with Crippen LogP contribution in [0.5, 0.6) is 5.75 Å². The Balaban J connectivity index is 1.68. The van der Waals surface area contributed by atoms with E-state index in [1.54, 1.807) is 25.6 Å². The lowest BCUT2D eigenvalue weighted by atomic mass is 10.2. The summed E-state index contributed by atoms with van der Waals surface area (Å²) in [4.78, 5) is 13.2. The number of methoxy groups -OCH3 is 1. The van der Waals surface area contributed by atoms with Crippen LogP contribution in [-0.4, -0.2) is 43.3 Å². The first-order chi connectivity index (χ1) is 10.8. The fourth-order valence-corrected chi connectivity index (χ4v) is 2.53. The zero-order valence-corrected chi connectivity index (χ0v) is 12.4. The largest absolute Gasteiger partial charge is 0.497 e. The van der Waals surface area contributed by atoms with Crippen molar-refractivity contribution in [1.29, 1.82) is 5.26 Å². The maximum absolute atomic E-state index is 8.98. The lowest BCUT2D eigenvalue weighted by molar-refractivity contribution is 0.414. The third-order valence-electron chi connectivity index (χ3n) is 3.75. The van der Waals surface area contributed by atoms with E-state index in [9.17, 15) is 0 Å². The highest BCUT2D eigenvalue weighted by molar-refractivity contribution is 5.49. The summed E-state index contributed by atoms with van der Waals surface area (Å²) < 4.78 is 5.24. The van der Waals surface area contributed by atoms with E-state index in [4.69, 9.17) is 10.00 Å². The van der Waals surface area contributed by atoms with Crippen molar-refractivity contribution >= 4 is 11.6 Å². The van der Waals surface area contributed by atoms with Crippen LogP contribution < -0.4 is 14.5 Å². The summed E-state index contributed by atoms with van der Waals surface area (Å²) in [6.07, 6.45) is 3.45. The second-order valence-electron chi connectivity index (χ2n) is 5.04. The average Bonchev–Trinajstić information content (AvgIpc) is 2.62. The molecule has 0 aromatic carbocycles. The fraction of sp³-hybridized carbons (Fsp3) is 0.312. The van der Waals surface area contributed by atoms with Crippen molar-refractivity contribution in [2.75, 3.05) is 43.1 Å². The van der Waals surface area contributed by atoms with Gasteiger partial charge in [-0.1, -0.05) is 0 Å². The fourth-order valence-electron chi connectivity index (χ4n) is 2.53. The number of hydrogen-bond donors (Lipinski definition) is 0. The minimum atomic E-state index is 0.641. The first-order valence-corrected chi connectivity index (χ1v) is 7.16. The Bertz CT molecular complexity index is 689. The predicted molar refractivity (Wildman–Crippen MR) is 84.2 cm³/mol. The number of anilines is 2. The molecule has 6 nitrogen and oxygen atoms in total. The van der Waals surface area contributed by atoms with Gasteiger partial charge in [0.1, 0.15) is 17.4 Å². The second kappa shape index (κ2) is 6.31. The minimum Gasteiger partial charge on any atom is -0.497 e. The molecule has 6 heteroatoms. The van der Waals surface area contributed by atoms with E-state index < -0.39 is 0 Å². The first kappa shape index (κ1) is 14.1. The van der Waals surface area contributed by atoms with Gasteiger partial charge >= 0.3 is 0 Å². The SMILES string of the molecule is COc1ccnc(N2CCN(c3cc(C#N)ccn3)CC2)c1. The van der Waals surface area contributed by atoms with Gasteiger partial charge in [-0.05, 0) is 18.2 Å². The van der Waals surface area contributed by atoms with Crippen molar-refractivity contribution in [1.82, 2.24) is 9.97 Å². The van der Waals surface area contributed by atoms with Crippen LogP contribution in [0.1, 0.15) is 5.56 Å². The number of nitriles is 1. The molecule has 22 heavy (non-hydrogen) atoms. The van der Waals surface area contributed by atoms with Gasteiger partial charge in [0.05, 0.1) is 18.7 Å². The molecule has 0 unspecified atom stereocenters. The van der Waals surface area contributed by atoms with Crippen LogP contribution in [0, 0.1) is 11.3 Å². The van der Waals surface area contributed by atoms with Gasteiger partial charge in [-0.3, -0.25) is 0 Å². The standard InChI is InChI=1S/C16H17N5O/c1-22-14-3-5-19-16(11-14)21-8-6-20(7-9-21)15-10-13(12-17)2-4-18-15/h2-5,10-11H,6-9H2,1H3. The van der Waals surface area contributed by atoms with Crippen molar-refractivity contribution < 1.29 is 4.74 Å². The third-order valence-corrected chi connectivity index (χ3v) is 3.75. The number of aromatic nitrogens is 2. The normalized spacial score (nSPS) is 14.5. The molecule has 3 rings (SSSR count). The van der Waals surface area contributed by atoms with E-state index in [0.717, 1.165) is 43.6 Å². The lowest BCUT2D eigenvalue weighted by Crippen LogP contribution is -2.47. The van der Waals surface area contributed by atoms with E-state index in [-0.39, 0.29) is 0 Å². The quantitative estimate of drug-likeness (QED) is 0.858. The predicted octanol–water partition coefficient (Wildman–Crippen LogP) is 1.68. The first-order valence-electron chi connectivity index (χ1n) is 7.16. The Hall–Kier alpha value is -2.81. The van der Waals surface area contributed by atoms with Gasteiger partial charge in [-0.15, -0.1) is 0 Å². The summed E-state index contributed by atoms with van der Waals surface area (Å²) in [6, 6.07) is 9.50. The molecule has 1 aliphatic rings. The van der Waals surface area contributed by atoms with Gasteiger partial charge in [0, 0.05) is 44.6 Å². The Morgan fingerprint density at radius 3 is 2.18 bits per heavy atom. The Morgan fingerprint density at radius 1 is 1.00 bits per heavy atom. The van der Waals surface area contributed by atoms with Crippen molar-refractivity contribution in [3.63, 3.8) is 0 Å². The molecule has 0 spiro atoms. The van der Waals surface area contributed by atoms with E-state index in [2.05, 4.69) is 25.8 Å². The smallest absolute Gasteiger partial charge is 0.132 e. The number of ether oxygens (including phenoxy) is 1. The lowest BCUT2D eigenvalue weighted by Gasteiger charge is -2.36. The Labute approximate surface area is 129 Å². The van der Waals surface area contributed by atoms with Gasteiger partial charge in [-0.2, -0.15) is 5.26 Å². The Kier molecular flexibility index (Phi) is 4.05. The monoisotopic (exact) mass is 295 g/mol. The number of nitrogens with zero attached hydrogens (tertiary/aromatic N) is 5. The molecule has 2 aromatic rings. The van der Waals surface area contributed by atoms with Crippen LogP contribution in [0.25, 0.3) is 0 Å². The summed E-state index contributed by atoms with van der Waals surface area (Å²) in [5.41, 5.74) is 0.641. The third kappa shape index (κ3) is 2.93. The van der Waals surface area contributed by atoms with Gasteiger partial charge in [-0.25, -0.2) is 9.97 Å². The maximum Gasteiger partial charge on any atom is 0.132 e. The molecule has 112 valence electrons. The van der Waals surface area contributed by atoms with Crippen molar-refractivity contribution in [3.05, 3.63) is 42.2 Å². The molecule has 1 fully saturated rings. The topological polar surface area (TPSA) is 65.3 Å². The van der Waals surface area contributed by atoms with Gasteiger partial charge in [0.25, 0.3) is 0 Å². The van der Waals surface area contributed by atoms with Crippen LogP contribution >= 0.6 is 0 Å². The molecule has 3 heterocycles. The van der Waals surface area contributed by atoms with Crippen molar-refractivity contribution in [2.24, 2.45) is 0 Å². The summed E-state index contributed by atoms with van der Waals surface area (Å²) in [6.45, 7) is 3.42. The molecule has 0 atom stereocenters. The van der Waals surface area contributed by atoms with E-state index in [1.165, 1.54) is 0 Å². The second-order valence-corrected chi connectivity index (χ2v) is 5.04. The van der Waals surface area contributed by atoms with Crippen LogP contribution in [-0.2, 0) is 0 Å². The van der Waals surface area contributed by atoms with Crippen molar-refractivity contribution in [2.45, 2.75) is 0 Å². The molecule has 1 aliphatic heterocycles. The molecular weight excluding hydrogens is 278 g/mol. The summed E-state index contributed by atoms with van der Waals surface area (Å²) in [7, 11) is 1.66. The highest BCUT2D eigenvalue weighted by Gasteiger charge is 2.19. The molecule has 0 N–H and O–H groups in total. The van der Waals surface area contributed by atoms with Crippen LogP contribution in [0.2, 0.25) is 0 Å². The summed E-state index contributed by atoms with van der Waals surface area (Å²) >= 11 is 0. The van der Waals surface area contributed by atoms with Crippen molar-refractivity contribution in [3.8, 4) is 11.8 Å². The van der Waals surface area contributed by atoms with Crippen LogP contribution in [0.15, 0.2) is 36.7 Å². The van der Waals surface area contributed by atoms with Crippen LogP contribution in [0.4, 0.5) is 11.6 Å². The molecule has 0 saturated carbocycles. The molecule has 0 radical (unpaired) electrons. The minimum absolute atomic E-state index is 0.641. The maximum atomic E-state index is 8.98. The molecule has 0 aliphatic carbocycles. The van der Waals surface area contributed by atoms with E-state index >= 15 is 0 Å². The highest BCUT2D eigenvalue weighted by atomic mass is 16.5. The van der Waals surface area contributed by atoms with Gasteiger partial charge in [0.2, 0.25) is 0 Å². The van der Waals surface area contributed by atoms with E-state index in [1.807, 2.05) is 18.2 Å². The average molecular weight is 295 g/mol. The molecule has 0 bridgehead atoms. The van der Waals surface area contributed by atoms with Crippen LogP contribution in [0.3, 0.4) is 0 Å². The number of piperazine rings is 1.